The Hall–Kier alpha value is -2.58. The first-order chi connectivity index (χ1) is 12.7. The molecule has 0 unspecified atom stereocenters. The molecule has 0 atom stereocenters. The second-order valence-electron chi connectivity index (χ2n) is 5.56. The molecule has 27 heavy (non-hydrogen) atoms. The van der Waals surface area contributed by atoms with E-state index in [1.807, 2.05) is 0 Å². The first kappa shape index (κ1) is 19.2. The summed E-state index contributed by atoms with van der Waals surface area (Å²) in [6.45, 7) is 0. The van der Waals surface area contributed by atoms with E-state index in [-0.39, 0.29) is 15.7 Å². The van der Waals surface area contributed by atoms with Gasteiger partial charge in [0.15, 0.2) is 5.15 Å². The van der Waals surface area contributed by atoms with E-state index in [1.165, 1.54) is 36.5 Å². The Kier molecular flexibility index (Phi) is 5.12. The quantitative estimate of drug-likeness (QED) is 0.597. The summed E-state index contributed by atoms with van der Waals surface area (Å²) in [6.07, 6.45) is -3.08. The predicted octanol–water partition coefficient (Wildman–Crippen LogP) is 5.22. The van der Waals surface area contributed by atoms with Crippen LogP contribution < -0.4 is 4.72 Å². The van der Waals surface area contributed by atoms with Crippen LogP contribution in [0.3, 0.4) is 0 Å². The molecule has 3 aromatic rings. The maximum absolute atomic E-state index is 12.7. The van der Waals surface area contributed by atoms with Crippen LogP contribution in [-0.2, 0) is 16.2 Å². The summed E-state index contributed by atoms with van der Waals surface area (Å²) in [5.41, 5.74) is 0.0994. The van der Waals surface area contributed by atoms with Crippen molar-refractivity contribution in [2.45, 2.75) is 11.1 Å². The van der Waals surface area contributed by atoms with Gasteiger partial charge in [-0.1, -0.05) is 41.9 Å². The van der Waals surface area contributed by atoms with E-state index >= 15 is 0 Å². The van der Waals surface area contributed by atoms with Crippen molar-refractivity contribution in [3.8, 4) is 11.1 Å². The second kappa shape index (κ2) is 7.21. The highest BCUT2D eigenvalue weighted by Crippen LogP contribution is 2.32. The molecule has 1 N–H and O–H groups in total. The lowest BCUT2D eigenvalue weighted by atomic mass is 10.1. The fraction of sp³-hybridized carbons (Fsp3) is 0.0556. The van der Waals surface area contributed by atoms with Crippen molar-refractivity contribution in [1.29, 1.82) is 0 Å². The smallest absolute Gasteiger partial charge is 0.276 e. The summed E-state index contributed by atoms with van der Waals surface area (Å²) in [4.78, 5) is 3.96. The predicted molar refractivity (Wildman–Crippen MR) is 96.9 cm³/mol. The van der Waals surface area contributed by atoms with Gasteiger partial charge >= 0.3 is 6.18 Å². The Morgan fingerprint density at radius 2 is 1.56 bits per heavy atom. The maximum Gasteiger partial charge on any atom is 0.416 e. The molecule has 9 heteroatoms. The van der Waals surface area contributed by atoms with E-state index in [2.05, 4.69) is 9.71 Å². The second-order valence-corrected chi connectivity index (χ2v) is 7.60. The summed E-state index contributed by atoms with van der Waals surface area (Å²) >= 11 is 5.98. The van der Waals surface area contributed by atoms with Crippen molar-refractivity contribution < 1.29 is 21.6 Å². The van der Waals surface area contributed by atoms with Crippen LogP contribution in [0.5, 0.6) is 0 Å². The van der Waals surface area contributed by atoms with Crippen LogP contribution in [-0.4, -0.2) is 13.4 Å². The van der Waals surface area contributed by atoms with Crippen molar-refractivity contribution in [1.82, 2.24) is 4.98 Å². The average Bonchev–Trinajstić information content (AvgIpc) is 2.63. The number of anilines is 1. The van der Waals surface area contributed by atoms with Crippen LogP contribution in [0.1, 0.15) is 5.56 Å². The molecule has 4 nitrogen and oxygen atoms in total. The largest absolute Gasteiger partial charge is 0.416 e. The van der Waals surface area contributed by atoms with Crippen molar-refractivity contribution >= 4 is 27.3 Å². The Bertz CT molecular complexity index is 1050. The van der Waals surface area contributed by atoms with Gasteiger partial charge in [0.05, 0.1) is 16.1 Å². The number of nitrogens with zero attached hydrogens (tertiary/aromatic N) is 1. The third-order valence-electron chi connectivity index (χ3n) is 3.68. The highest BCUT2D eigenvalue weighted by molar-refractivity contribution is 7.92. The van der Waals surface area contributed by atoms with Crippen LogP contribution in [0, 0.1) is 0 Å². The Balaban J connectivity index is 1.93. The van der Waals surface area contributed by atoms with Gasteiger partial charge in [0.2, 0.25) is 0 Å². The zero-order chi connectivity index (χ0) is 19.7. The number of benzene rings is 2. The van der Waals surface area contributed by atoms with Crippen LogP contribution in [0.4, 0.5) is 18.9 Å². The first-order valence-electron chi connectivity index (χ1n) is 7.58. The maximum atomic E-state index is 12.7. The summed E-state index contributed by atoms with van der Waals surface area (Å²) in [5, 5.41) is -0.0785. The molecule has 0 bridgehead atoms. The monoisotopic (exact) mass is 412 g/mol. The van der Waals surface area contributed by atoms with Crippen LogP contribution in [0.15, 0.2) is 71.8 Å². The van der Waals surface area contributed by atoms with Crippen LogP contribution in [0.25, 0.3) is 11.1 Å². The number of aromatic nitrogens is 1. The normalized spacial score (nSPS) is 12.0. The molecule has 1 heterocycles. The first-order valence-corrected chi connectivity index (χ1v) is 9.44. The molecule has 0 saturated carbocycles. The van der Waals surface area contributed by atoms with Gasteiger partial charge in [-0.2, -0.15) is 13.2 Å². The van der Waals surface area contributed by atoms with E-state index in [0.717, 1.165) is 12.1 Å². The number of alkyl halides is 3. The summed E-state index contributed by atoms with van der Waals surface area (Å²) in [5.74, 6) is 0. The number of hydrogen-bond donors (Lipinski definition) is 1. The van der Waals surface area contributed by atoms with Crippen molar-refractivity contribution in [2.75, 3.05) is 4.72 Å². The SMILES string of the molecule is O=S(=O)(Nc1cc(-c2ccc(C(F)(F)F)cc2)cnc1Cl)c1ccccc1. The molecule has 0 aliphatic rings. The Labute approximate surface area is 158 Å². The molecule has 0 amide bonds. The molecule has 1 aromatic heterocycles. The fourth-order valence-corrected chi connectivity index (χ4v) is 3.62. The molecule has 0 aliphatic carbocycles. The standard InChI is InChI=1S/C18H12ClF3N2O2S/c19-17-16(24-27(25,26)15-4-2-1-3-5-15)10-13(11-23-17)12-6-8-14(9-7-12)18(20,21)22/h1-11,24H. The molecular weight excluding hydrogens is 401 g/mol. The molecule has 0 spiro atoms. The third-order valence-corrected chi connectivity index (χ3v) is 5.37. The molecule has 0 radical (unpaired) electrons. The highest BCUT2D eigenvalue weighted by Gasteiger charge is 2.30. The van der Waals surface area contributed by atoms with E-state index in [0.29, 0.717) is 11.1 Å². The molecule has 0 saturated heterocycles. The van der Waals surface area contributed by atoms with E-state index in [9.17, 15) is 21.6 Å². The van der Waals surface area contributed by atoms with Crippen LogP contribution >= 0.6 is 11.6 Å². The zero-order valence-electron chi connectivity index (χ0n) is 13.5. The Morgan fingerprint density at radius 3 is 2.15 bits per heavy atom. The Morgan fingerprint density at radius 1 is 0.926 bits per heavy atom. The van der Waals surface area contributed by atoms with Crippen LogP contribution in [0.2, 0.25) is 5.15 Å². The summed E-state index contributed by atoms with van der Waals surface area (Å²) in [7, 11) is -3.88. The van der Waals surface area contributed by atoms with Gasteiger partial charge in [-0.25, -0.2) is 13.4 Å². The highest BCUT2D eigenvalue weighted by atomic mass is 35.5. The lowest BCUT2D eigenvalue weighted by Gasteiger charge is -2.12. The van der Waals surface area contributed by atoms with Gasteiger partial charge in [-0.05, 0) is 35.9 Å². The third kappa shape index (κ3) is 4.40. The number of nitrogens with one attached hydrogen (secondary N) is 1. The summed E-state index contributed by atoms with van der Waals surface area (Å²) < 4.78 is 65.3. The van der Waals surface area contributed by atoms with Crippen molar-refractivity contribution in [3.63, 3.8) is 0 Å². The van der Waals surface area contributed by atoms with Gasteiger partial charge in [0.1, 0.15) is 0 Å². The lowest BCUT2D eigenvalue weighted by Crippen LogP contribution is -2.13. The van der Waals surface area contributed by atoms with Gasteiger partial charge in [-0.3, -0.25) is 4.72 Å². The number of halogens is 4. The topological polar surface area (TPSA) is 59.1 Å². The van der Waals surface area contributed by atoms with Crippen molar-refractivity contribution in [3.05, 3.63) is 77.6 Å². The fourth-order valence-electron chi connectivity index (χ4n) is 2.33. The summed E-state index contributed by atoms with van der Waals surface area (Å²) in [6, 6.07) is 13.5. The lowest BCUT2D eigenvalue weighted by molar-refractivity contribution is -0.137. The number of sulfonamides is 1. The molecule has 3 rings (SSSR count). The molecule has 140 valence electrons. The van der Waals surface area contributed by atoms with Gasteiger partial charge in [0, 0.05) is 11.8 Å². The van der Waals surface area contributed by atoms with E-state index < -0.39 is 21.8 Å². The van der Waals surface area contributed by atoms with E-state index in [4.69, 9.17) is 11.6 Å². The minimum absolute atomic E-state index is 0.0258. The van der Waals surface area contributed by atoms with Gasteiger partial charge in [0.25, 0.3) is 10.0 Å². The molecular formula is C18H12ClF3N2O2S. The van der Waals surface area contributed by atoms with Crippen molar-refractivity contribution in [2.24, 2.45) is 0 Å². The average molecular weight is 413 g/mol. The molecule has 0 aliphatic heterocycles. The van der Waals surface area contributed by atoms with E-state index in [1.54, 1.807) is 18.2 Å². The number of hydrogen-bond acceptors (Lipinski definition) is 3. The van der Waals surface area contributed by atoms with Gasteiger partial charge in [-0.15, -0.1) is 0 Å². The molecule has 2 aromatic carbocycles. The van der Waals surface area contributed by atoms with Gasteiger partial charge < -0.3 is 0 Å². The minimum atomic E-state index is -4.44. The molecule has 0 fully saturated rings. The zero-order valence-corrected chi connectivity index (χ0v) is 15.1. The number of pyridine rings is 1. The minimum Gasteiger partial charge on any atom is -0.276 e. The number of rotatable bonds is 4.